The molecule has 0 aromatic heterocycles. The van der Waals surface area contributed by atoms with Crippen molar-refractivity contribution in [1.82, 2.24) is 15.5 Å². The van der Waals surface area contributed by atoms with Gasteiger partial charge in [-0.3, -0.25) is 4.79 Å². The summed E-state index contributed by atoms with van der Waals surface area (Å²) in [6.45, 7) is 6.69. The van der Waals surface area contributed by atoms with Crippen molar-refractivity contribution in [3.05, 3.63) is 35.1 Å². The zero-order valence-electron chi connectivity index (χ0n) is 16.4. The van der Waals surface area contributed by atoms with Crippen LogP contribution in [0.15, 0.2) is 18.2 Å². The van der Waals surface area contributed by atoms with E-state index in [0.29, 0.717) is 24.4 Å². The van der Waals surface area contributed by atoms with Crippen molar-refractivity contribution in [3.63, 3.8) is 0 Å². The molecule has 2 aliphatic rings. The van der Waals surface area contributed by atoms with Crippen LogP contribution in [0.5, 0.6) is 0 Å². The number of amides is 3. The van der Waals surface area contributed by atoms with Crippen LogP contribution in [0, 0.1) is 24.6 Å². The lowest BCUT2D eigenvalue weighted by atomic mass is 9.88. The summed E-state index contributed by atoms with van der Waals surface area (Å²) in [5.41, 5.74) is 1.49. The number of nitrogens with zero attached hydrogens (tertiary/aromatic N) is 1. The van der Waals surface area contributed by atoms with E-state index in [4.69, 9.17) is 0 Å². The summed E-state index contributed by atoms with van der Waals surface area (Å²) in [6.07, 6.45) is 3.81. The molecular formula is C21H30FN3O2. The molecule has 1 saturated heterocycles. The van der Waals surface area contributed by atoms with Gasteiger partial charge in [0.05, 0.1) is 12.0 Å². The topological polar surface area (TPSA) is 61.4 Å². The van der Waals surface area contributed by atoms with Gasteiger partial charge in [0.1, 0.15) is 5.82 Å². The Kier molecular flexibility index (Phi) is 6.02. The fraction of sp³-hybridized carbons (Fsp3) is 0.619. The van der Waals surface area contributed by atoms with Gasteiger partial charge in [-0.2, -0.15) is 0 Å². The predicted molar refractivity (Wildman–Crippen MR) is 103 cm³/mol. The van der Waals surface area contributed by atoms with E-state index >= 15 is 0 Å². The van der Waals surface area contributed by atoms with Gasteiger partial charge in [-0.1, -0.05) is 12.1 Å². The van der Waals surface area contributed by atoms with E-state index in [1.807, 2.05) is 19.9 Å². The van der Waals surface area contributed by atoms with Gasteiger partial charge in [-0.05, 0) is 69.6 Å². The lowest BCUT2D eigenvalue weighted by Crippen LogP contribution is -2.51. The van der Waals surface area contributed by atoms with Crippen LogP contribution in [-0.2, 0) is 4.79 Å². The predicted octanol–water partition coefficient (Wildman–Crippen LogP) is 3.53. The Morgan fingerprint density at radius 3 is 2.59 bits per heavy atom. The minimum Gasteiger partial charge on any atom is -0.356 e. The van der Waals surface area contributed by atoms with E-state index in [1.165, 1.54) is 18.9 Å². The second-order valence-electron chi connectivity index (χ2n) is 8.24. The van der Waals surface area contributed by atoms with Crippen LogP contribution in [0.3, 0.4) is 0 Å². The van der Waals surface area contributed by atoms with E-state index in [1.54, 1.807) is 17.9 Å². The number of urea groups is 1. The number of nitrogens with one attached hydrogen (secondary N) is 2. The number of rotatable bonds is 5. The molecule has 6 heteroatoms. The lowest BCUT2D eigenvalue weighted by Gasteiger charge is -2.40. The van der Waals surface area contributed by atoms with Crippen LogP contribution in [0.4, 0.5) is 9.18 Å². The fourth-order valence-corrected chi connectivity index (χ4v) is 3.67. The third-order valence-electron chi connectivity index (χ3n) is 5.45. The molecule has 1 aliphatic heterocycles. The smallest absolute Gasteiger partial charge is 0.318 e. The minimum absolute atomic E-state index is 0.0113. The standard InChI is InChI=1S/C21H30FN3O2/c1-13(2)24-21(27)25-12-17(20(26)23-11-15-4-5-15)7-9-19(25)16-6-8-18(22)14(3)10-16/h6,8,10,13,15,17,19H,4-5,7,9,11-12H2,1-3H3,(H,23,26)(H,24,27)/t17-,19+/m1/s1. The Hall–Kier alpha value is -2.11. The van der Waals surface area contributed by atoms with Crippen molar-refractivity contribution in [2.75, 3.05) is 13.1 Å². The van der Waals surface area contributed by atoms with E-state index < -0.39 is 0 Å². The number of benzene rings is 1. The van der Waals surface area contributed by atoms with Crippen LogP contribution in [0.2, 0.25) is 0 Å². The summed E-state index contributed by atoms with van der Waals surface area (Å²) >= 11 is 0. The third-order valence-corrected chi connectivity index (χ3v) is 5.45. The maximum absolute atomic E-state index is 13.7. The summed E-state index contributed by atoms with van der Waals surface area (Å²) in [5.74, 6) is 0.232. The number of carbonyl (C=O) groups excluding carboxylic acids is 2. The average molecular weight is 375 g/mol. The molecule has 5 nitrogen and oxygen atoms in total. The summed E-state index contributed by atoms with van der Waals surface area (Å²) in [7, 11) is 0. The summed E-state index contributed by atoms with van der Waals surface area (Å²) in [4.78, 5) is 27.1. The zero-order valence-corrected chi connectivity index (χ0v) is 16.4. The average Bonchev–Trinajstić information content (AvgIpc) is 3.45. The molecule has 2 atom stereocenters. The van der Waals surface area contributed by atoms with Crippen LogP contribution in [0.25, 0.3) is 0 Å². The second-order valence-corrected chi connectivity index (χ2v) is 8.24. The van der Waals surface area contributed by atoms with E-state index in [0.717, 1.165) is 18.5 Å². The number of hydrogen-bond donors (Lipinski definition) is 2. The monoisotopic (exact) mass is 375 g/mol. The van der Waals surface area contributed by atoms with Gasteiger partial charge in [-0.25, -0.2) is 9.18 Å². The van der Waals surface area contributed by atoms with Crippen LogP contribution in [-0.4, -0.2) is 36.0 Å². The second kappa shape index (κ2) is 8.28. The number of halogens is 1. The van der Waals surface area contributed by atoms with Crippen molar-refractivity contribution in [1.29, 1.82) is 0 Å². The normalized spacial score (nSPS) is 22.6. The molecule has 1 aromatic carbocycles. The molecule has 27 heavy (non-hydrogen) atoms. The molecule has 3 amide bonds. The molecule has 2 N–H and O–H groups in total. The Labute approximate surface area is 160 Å². The van der Waals surface area contributed by atoms with Gasteiger partial charge < -0.3 is 15.5 Å². The number of hydrogen-bond acceptors (Lipinski definition) is 2. The number of likely N-dealkylation sites (tertiary alicyclic amines) is 1. The van der Waals surface area contributed by atoms with Crippen molar-refractivity contribution in [3.8, 4) is 0 Å². The van der Waals surface area contributed by atoms with Crippen LogP contribution < -0.4 is 10.6 Å². The van der Waals surface area contributed by atoms with Crippen molar-refractivity contribution < 1.29 is 14.0 Å². The molecule has 1 aromatic rings. The quantitative estimate of drug-likeness (QED) is 0.827. The van der Waals surface area contributed by atoms with E-state index in [-0.39, 0.29) is 35.8 Å². The van der Waals surface area contributed by atoms with Gasteiger partial charge in [0.2, 0.25) is 5.91 Å². The van der Waals surface area contributed by atoms with Gasteiger partial charge >= 0.3 is 6.03 Å². The maximum Gasteiger partial charge on any atom is 0.318 e. The van der Waals surface area contributed by atoms with E-state index in [9.17, 15) is 14.0 Å². The highest BCUT2D eigenvalue weighted by Crippen LogP contribution is 2.34. The van der Waals surface area contributed by atoms with Crippen molar-refractivity contribution in [2.24, 2.45) is 11.8 Å². The van der Waals surface area contributed by atoms with Gasteiger partial charge in [0.15, 0.2) is 0 Å². The number of piperidine rings is 1. The zero-order chi connectivity index (χ0) is 19.6. The highest BCUT2D eigenvalue weighted by molar-refractivity contribution is 5.81. The molecule has 3 rings (SSSR count). The molecule has 0 bridgehead atoms. The molecule has 148 valence electrons. The van der Waals surface area contributed by atoms with Gasteiger partial charge in [0.25, 0.3) is 0 Å². The molecule has 1 heterocycles. The van der Waals surface area contributed by atoms with Gasteiger partial charge in [-0.15, -0.1) is 0 Å². The maximum atomic E-state index is 13.7. The molecule has 0 unspecified atom stereocenters. The molecule has 2 fully saturated rings. The van der Waals surface area contributed by atoms with Gasteiger partial charge in [0, 0.05) is 19.1 Å². The Morgan fingerprint density at radius 2 is 1.96 bits per heavy atom. The SMILES string of the molecule is Cc1cc([C@@H]2CC[C@@H](C(=O)NCC3CC3)CN2C(=O)NC(C)C)ccc1F. The first kappa shape index (κ1) is 19.6. The van der Waals surface area contributed by atoms with Crippen LogP contribution in [0.1, 0.15) is 56.7 Å². The summed E-state index contributed by atoms with van der Waals surface area (Å²) in [6, 6.07) is 4.71. The first-order valence-corrected chi connectivity index (χ1v) is 9.96. The van der Waals surface area contributed by atoms with Crippen LogP contribution >= 0.6 is 0 Å². The number of aryl methyl sites for hydroxylation is 1. The molecular weight excluding hydrogens is 345 g/mol. The van der Waals surface area contributed by atoms with Crippen molar-refractivity contribution in [2.45, 2.75) is 58.5 Å². The summed E-state index contributed by atoms with van der Waals surface area (Å²) in [5, 5.41) is 5.98. The molecule has 0 radical (unpaired) electrons. The molecule has 1 aliphatic carbocycles. The molecule has 0 spiro atoms. The number of carbonyl (C=O) groups is 2. The highest BCUT2D eigenvalue weighted by Gasteiger charge is 2.36. The third kappa shape index (κ3) is 4.99. The lowest BCUT2D eigenvalue weighted by molar-refractivity contribution is -0.126. The first-order chi connectivity index (χ1) is 12.8. The minimum atomic E-state index is -0.245. The summed E-state index contributed by atoms with van der Waals surface area (Å²) < 4.78 is 13.7. The molecule has 1 saturated carbocycles. The Balaban J connectivity index is 1.75. The van der Waals surface area contributed by atoms with Crippen molar-refractivity contribution >= 4 is 11.9 Å². The first-order valence-electron chi connectivity index (χ1n) is 9.96. The Morgan fingerprint density at radius 1 is 1.22 bits per heavy atom. The highest BCUT2D eigenvalue weighted by atomic mass is 19.1. The fourth-order valence-electron chi connectivity index (χ4n) is 3.67. The Bertz CT molecular complexity index is 703. The largest absolute Gasteiger partial charge is 0.356 e. The van der Waals surface area contributed by atoms with E-state index in [2.05, 4.69) is 10.6 Å².